The van der Waals surface area contributed by atoms with E-state index in [9.17, 15) is 0 Å². The Labute approximate surface area is 98.4 Å². The Morgan fingerprint density at radius 1 is 1.43 bits per heavy atom. The second-order valence-corrected chi connectivity index (χ2v) is 4.20. The number of benzene rings is 1. The summed E-state index contributed by atoms with van der Waals surface area (Å²) in [7, 11) is 0. The number of hydrogen-bond acceptors (Lipinski definition) is 2. The van der Waals surface area contributed by atoms with Gasteiger partial charge in [0.2, 0.25) is 0 Å². The van der Waals surface area contributed by atoms with E-state index in [-0.39, 0.29) is 18.4 Å². The lowest BCUT2D eigenvalue weighted by atomic mass is 10.0. The summed E-state index contributed by atoms with van der Waals surface area (Å²) in [5.41, 5.74) is 7.13. The van der Waals surface area contributed by atoms with E-state index in [1.807, 2.05) is 18.2 Å². The van der Waals surface area contributed by atoms with Crippen molar-refractivity contribution >= 4 is 28.3 Å². The molecule has 2 nitrogen and oxygen atoms in total. The van der Waals surface area contributed by atoms with E-state index < -0.39 is 0 Å². The van der Waals surface area contributed by atoms with Gasteiger partial charge in [-0.3, -0.25) is 0 Å². The van der Waals surface area contributed by atoms with Crippen LogP contribution in [0.3, 0.4) is 0 Å². The van der Waals surface area contributed by atoms with Crippen LogP contribution in [0, 0.1) is 0 Å². The second kappa shape index (κ2) is 5.01. The Kier molecular flexibility index (Phi) is 4.23. The predicted molar refractivity (Wildman–Crippen MR) is 63.0 cm³/mol. The first-order chi connectivity index (χ1) is 6.27. The normalized spacial score (nSPS) is 20.0. The summed E-state index contributed by atoms with van der Waals surface area (Å²) in [5.74, 6) is 0.930. The molecular weight excluding hydrogens is 265 g/mol. The first-order valence-corrected chi connectivity index (χ1v) is 5.24. The summed E-state index contributed by atoms with van der Waals surface area (Å²) >= 11 is 3.42. The van der Waals surface area contributed by atoms with Crippen LogP contribution in [0.1, 0.15) is 24.4 Å². The summed E-state index contributed by atoms with van der Waals surface area (Å²) in [6.07, 6.45) is 2.04. The summed E-state index contributed by atoms with van der Waals surface area (Å²) in [4.78, 5) is 0. The molecule has 4 heteroatoms. The van der Waals surface area contributed by atoms with Gasteiger partial charge in [0.05, 0.1) is 6.61 Å². The van der Waals surface area contributed by atoms with Gasteiger partial charge in [-0.15, -0.1) is 12.4 Å². The number of rotatable bonds is 0. The molecule has 0 saturated carbocycles. The van der Waals surface area contributed by atoms with Crippen molar-refractivity contribution in [1.82, 2.24) is 0 Å². The third kappa shape index (κ3) is 2.41. The van der Waals surface area contributed by atoms with Crippen LogP contribution in [-0.4, -0.2) is 6.61 Å². The Balaban J connectivity index is 0.000000980. The molecule has 0 bridgehead atoms. The average Bonchev–Trinajstić information content (AvgIpc) is 2.28. The van der Waals surface area contributed by atoms with Gasteiger partial charge in [-0.2, -0.15) is 0 Å². The van der Waals surface area contributed by atoms with Crippen LogP contribution >= 0.6 is 28.3 Å². The molecule has 1 aromatic carbocycles. The van der Waals surface area contributed by atoms with E-state index in [0.717, 1.165) is 35.2 Å². The van der Waals surface area contributed by atoms with Gasteiger partial charge in [0.25, 0.3) is 0 Å². The molecule has 0 radical (unpaired) electrons. The maximum absolute atomic E-state index is 6.00. The maximum Gasteiger partial charge on any atom is 0.125 e. The van der Waals surface area contributed by atoms with E-state index in [2.05, 4.69) is 15.9 Å². The van der Waals surface area contributed by atoms with Crippen molar-refractivity contribution in [3.63, 3.8) is 0 Å². The molecule has 2 N–H and O–H groups in total. The van der Waals surface area contributed by atoms with Crippen molar-refractivity contribution in [2.24, 2.45) is 5.73 Å². The molecule has 14 heavy (non-hydrogen) atoms. The lowest BCUT2D eigenvalue weighted by Gasteiger charge is -2.11. The molecule has 0 saturated heterocycles. The van der Waals surface area contributed by atoms with Crippen LogP contribution in [0.15, 0.2) is 22.7 Å². The molecule has 2 rings (SSSR count). The smallest absolute Gasteiger partial charge is 0.125 e. The molecular formula is C10H13BrClNO. The molecule has 78 valence electrons. The molecule has 0 fully saturated rings. The SMILES string of the molecule is Cl.N[C@@H]1CCCOc2cc(Br)ccc21. The third-order valence-corrected chi connectivity index (χ3v) is 2.79. The number of halogens is 2. The van der Waals surface area contributed by atoms with Gasteiger partial charge >= 0.3 is 0 Å². The zero-order valence-corrected chi connectivity index (χ0v) is 10.1. The summed E-state index contributed by atoms with van der Waals surface area (Å²) in [6, 6.07) is 6.16. The fourth-order valence-electron chi connectivity index (χ4n) is 1.58. The Bertz CT molecular complexity index is 319. The predicted octanol–water partition coefficient (Wildman–Crippen LogP) is 3.04. The van der Waals surface area contributed by atoms with Crippen molar-refractivity contribution in [3.8, 4) is 5.75 Å². The lowest BCUT2D eigenvalue weighted by Crippen LogP contribution is -2.08. The largest absolute Gasteiger partial charge is 0.493 e. The number of hydrogen-bond donors (Lipinski definition) is 1. The highest BCUT2D eigenvalue weighted by atomic mass is 79.9. The first kappa shape index (κ1) is 11.8. The van der Waals surface area contributed by atoms with Crippen molar-refractivity contribution in [3.05, 3.63) is 28.2 Å². The zero-order chi connectivity index (χ0) is 9.26. The fourth-order valence-corrected chi connectivity index (χ4v) is 1.92. The first-order valence-electron chi connectivity index (χ1n) is 4.45. The van der Waals surface area contributed by atoms with Gasteiger partial charge in [-0.1, -0.05) is 22.0 Å². The Morgan fingerprint density at radius 3 is 3.00 bits per heavy atom. The molecule has 1 heterocycles. The highest BCUT2D eigenvalue weighted by Gasteiger charge is 2.15. The van der Waals surface area contributed by atoms with E-state index in [0.29, 0.717) is 0 Å². The van der Waals surface area contributed by atoms with Crippen LogP contribution in [0.5, 0.6) is 5.75 Å². The van der Waals surface area contributed by atoms with Crippen LogP contribution in [0.2, 0.25) is 0 Å². The minimum atomic E-state index is 0. The standard InChI is InChI=1S/C10H12BrNO.ClH/c11-7-3-4-8-9(12)2-1-5-13-10(8)6-7;/h3-4,6,9H,1-2,5,12H2;1H/t9-;/m1./s1. The number of nitrogens with two attached hydrogens (primary N) is 1. The Morgan fingerprint density at radius 2 is 2.21 bits per heavy atom. The van der Waals surface area contributed by atoms with E-state index >= 15 is 0 Å². The van der Waals surface area contributed by atoms with Crippen molar-refractivity contribution in [1.29, 1.82) is 0 Å². The van der Waals surface area contributed by atoms with Gasteiger partial charge in [-0.25, -0.2) is 0 Å². The van der Waals surface area contributed by atoms with E-state index in [1.165, 1.54) is 0 Å². The van der Waals surface area contributed by atoms with Crippen molar-refractivity contribution in [2.45, 2.75) is 18.9 Å². The Hall–Kier alpha value is -0.250. The van der Waals surface area contributed by atoms with Gasteiger partial charge in [0, 0.05) is 16.1 Å². The maximum atomic E-state index is 6.00. The molecule has 1 aliphatic heterocycles. The lowest BCUT2D eigenvalue weighted by molar-refractivity contribution is 0.316. The van der Waals surface area contributed by atoms with Crippen LogP contribution in [0.25, 0.3) is 0 Å². The molecule has 0 aliphatic carbocycles. The quantitative estimate of drug-likeness (QED) is 0.792. The molecule has 1 aliphatic rings. The molecule has 1 atom stereocenters. The van der Waals surface area contributed by atoms with Crippen molar-refractivity contribution in [2.75, 3.05) is 6.61 Å². The van der Waals surface area contributed by atoms with E-state index in [4.69, 9.17) is 10.5 Å². The number of fused-ring (bicyclic) bond motifs is 1. The minimum absolute atomic E-state index is 0. The summed E-state index contributed by atoms with van der Waals surface area (Å²) in [6.45, 7) is 0.775. The van der Waals surface area contributed by atoms with Crippen LogP contribution < -0.4 is 10.5 Å². The van der Waals surface area contributed by atoms with Crippen LogP contribution in [0.4, 0.5) is 0 Å². The van der Waals surface area contributed by atoms with Gasteiger partial charge in [-0.05, 0) is 25.0 Å². The molecule has 0 spiro atoms. The van der Waals surface area contributed by atoms with Gasteiger partial charge < -0.3 is 10.5 Å². The summed E-state index contributed by atoms with van der Waals surface area (Å²) < 4.78 is 6.63. The highest BCUT2D eigenvalue weighted by Crippen LogP contribution is 2.32. The average molecular weight is 279 g/mol. The summed E-state index contributed by atoms with van der Waals surface area (Å²) in [5, 5.41) is 0. The number of ether oxygens (including phenoxy) is 1. The van der Waals surface area contributed by atoms with Gasteiger partial charge in [0.1, 0.15) is 5.75 Å². The highest BCUT2D eigenvalue weighted by molar-refractivity contribution is 9.10. The van der Waals surface area contributed by atoms with E-state index in [1.54, 1.807) is 0 Å². The third-order valence-electron chi connectivity index (χ3n) is 2.29. The molecule has 0 amide bonds. The van der Waals surface area contributed by atoms with Gasteiger partial charge in [0.15, 0.2) is 0 Å². The topological polar surface area (TPSA) is 35.2 Å². The minimum Gasteiger partial charge on any atom is -0.493 e. The monoisotopic (exact) mass is 277 g/mol. The molecule has 0 unspecified atom stereocenters. The van der Waals surface area contributed by atoms with Crippen molar-refractivity contribution < 1.29 is 4.74 Å². The molecule has 0 aromatic heterocycles. The second-order valence-electron chi connectivity index (χ2n) is 3.28. The molecule has 1 aromatic rings. The zero-order valence-electron chi connectivity index (χ0n) is 7.70. The van der Waals surface area contributed by atoms with Crippen LogP contribution in [-0.2, 0) is 0 Å². The fraction of sp³-hybridized carbons (Fsp3) is 0.400.